The van der Waals surface area contributed by atoms with Gasteiger partial charge in [-0.3, -0.25) is 0 Å². The molecule has 1 spiro atoms. The molecule has 8 heteroatoms. The van der Waals surface area contributed by atoms with Gasteiger partial charge in [0.2, 0.25) is 0 Å². The van der Waals surface area contributed by atoms with Crippen molar-refractivity contribution in [2.75, 3.05) is 59.5 Å². The smallest absolute Gasteiger partial charge is 0.410 e. The summed E-state index contributed by atoms with van der Waals surface area (Å²) in [7, 11) is 1.87. The predicted molar refractivity (Wildman–Crippen MR) is 118 cm³/mol. The third-order valence-electron chi connectivity index (χ3n) is 8.05. The zero-order valence-electron chi connectivity index (χ0n) is 19.3. The van der Waals surface area contributed by atoms with Crippen molar-refractivity contribution in [1.82, 2.24) is 20.0 Å². The largest absolute Gasteiger partial charge is 0.450 e. The minimum absolute atomic E-state index is 0.131. The highest BCUT2D eigenvalue weighted by atomic mass is 16.6. The van der Waals surface area contributed by atoms with Crippen LogP contribution in [0.5, 0.6) is 0 Å². The van der Waals surface area contributed by atoms with Crippen LogP contribution in [0.15, 0.2) is 0 Å². The van der Waals surface area contributed by atoms with E-state index >= 15 is 0 Å². The van der Waals surface area contributed by atoms with Crippen LogP contribution in [0.3, 0.4) is 0 Å². The van der Waals surface area contributed by atoms with Crippen LogP contribution >= 0.6 is 0 Å². The van der Waals surface area contributed by atoms with Gasteiger partial charge in [0.1, 0.15) is 6.61 Å². The van der Waals surface area contributed by atoms with Crippen molar-refractivity contribution >= 4 is 12.2 Å². The number of amides is 2. The van der Waals surface area contributed by atoms with Gasteiger partial charge < -0.3 is 29.5 Å². The topological polar surface area (TPSA) is 74.4 Å². The van der Waals surface area contributed by atoms with Gasteiger partial charge in [-0.1, -0.05) is 0 Å². The average molecular weight is 437 g/mol. The molecule has 8 nitrogen and oxygen atoms in total. The highest BCUT2D eigenvalue weighted by Gasteiger charge is 2.51. The van der Waals surface area contributed by atoms with Gasteiger partial charge in [-0.2, -0.15) is 0 Å². The second-order valence-electron chi connectivity index (χ2n) is 9.93. The monoisotopic (exact) mass is 436 g/mol. The minimum Gasteiger partial charge on any atom is -0.450 e. The number of nitrogens with zero attached hydrogens (tertiary/aromatic N) is 3. The fourth-order valence-electron chi connectivity index (χ4n) is 6.34. The Labute approximate surface area is 186 Å². The molecule has 176 valence electrons. The van der Waals surface area contributed by atoms with Crippen molar-refractivity contribution in [1.29, 1.82) is 0 Å². The van der Waals surface area contributed by atoms with E-state index in [2.05, 4.69) is 10.2 Å². The molecule has 4 fully saturated rings. The first-order chi connectivity index (χ1) is 15.0. The predicted octanol–water partition coefficient (Wildman–Crippen LogP) is 2.53. The highest BCUT2D eigenvalue weighted by Crippen LogP contribution is 2.51. The molecule has 2 amide bonds. The van der Waals surface area contributed by atoms with Gasteiger partial charge in [0, 0.05) is 38.3 Å². The summed E-state index contributed by atoms with van der Waals surface area (Å²) in [4.78, 5) is 31.1. The number of likely N-dealkylation sites (N-methyl/N-ethyl adjacent to an activating group) is 1. The van der Waals surface area contributed by atoms with E-state index in [1.165, 1.54) is 25.7 Å². The van der Waals surface area contributed by atoms with E-state index in [0.717, 1.165) is 52.0 Å². The molecule has 0 aromatic rings. The lowest BCUT2D eigenvalue weighted by Crippen LogP contribution is -2.55. The Kier molecular flexibility index (Phi) is 7.26. The van der Waals surface area contributed by atoms with Gasteiger partial charge >= 0.3 is 12.2 Å². The van der Waals surface area contributed by atoms with E-state index < -0.39 is 0 Å². The summed E-state index contributed by atoms with van der Waals surface area (Å²) < 4.78 is 10.6. The molecule has 1 atom stereocenters. The molecule has 1 N–H and O–H groups in total. The first-order valence-corrected chi connectivity index (χ1v) is 12.3. The van der Waals surface area contributed by atoms with Crippen LogP contribution < -0.4 is 5.32 Å². The van der Waals surface area contributed by atoms with Crippen LogP contribution in [0.25, 0.3) is 0 Å². The summed E-state index contributed by atoms with van der Waals surface area (Å²) in [6.07, 6.45) is 7.80. The Morgan fingerprint density at radius 1 is 1.03 bits per heavy atom. The van der Waals surface area contributed by atoms with E-state index in [-0.39, 0.29) is 12.2 Å². The van der Waals surface area contributed by atoms with Gasteiger partial charge in [0.25, 0.3) is 0 Å². The number of nitrogens with one attached hydrogen (secondary N) is 1. The van der Waals surface area contributed by atoms with E-state index in [1.54, 1.807) is 0 Å². The molecular weight excluding hydrogens is 396 g/mol. The molecule has 0 aromatic heterocycles. The molecule has 0 radical (unpaired) electrons. The lowest BCUT2D eigenvalue weighted by molar-refractivity contribution is -0.0159. The van der Waals surface area contributed by atoms with Crippen molar-refractivity contribution in [2.24, 2.45) is 11.3 Å². The molecule has 1 saturated carbocycles. The number of piperidine rings is 1. The van der Waals surface area contributed by atoms with Gasteiger partial charge in [-0.05, 0) is 83.3 Å². The summed E-state index contributed by atoms with van der Waals surface area (Å²) in [5.41, 5.74) is 0.327. The summed E-state index contributed by atoms with van der Waals surface area (Å²) in [6.45, 7) is 8.26. The molecule has 3 heterocycles. The second-order valence-corrected chi connectivity index (χ2v) is 9.93. The number of ether oxygens (including phenoxy) is 2. The zero-order valence-corrected chi connectivity index (χ0v) is 19.3. The third-order valence-corrected chi connectivity index (χ3v) is 8.05. The summed E-state index contributed by atoms with van der Waals surface area (Å²) in [5, 5.41) is 3.02. The van der Waals surface area contributed by atoms with Crippen LogP contribution in [-0.2, 0) is 9.47 Å². The molecule has 4 aliphatic rings. The quantitative estimate of drug-likeness (QED) is 0.645. The Balaban J connectivity index is 1.20. The van der Waals surface area contributed by atoms with Crippen LogP contribution in [0.2, 0.25) is 0 Å². The SMILES string of the molecule is CCOC(=O)N1CCC2(CC(N3CCC([C@@H]4CCCN4C(=O)OCCNC)CC3)C2)C1. The lowest BCUT2D eigenvalue weighted by Gasteiger charge is -2.52. The molecular formula is C23H40N4O4. The fourth-order valence-corrected chi connectivity index (χ4v) is 6.34. The zero-order chi connectivity index (χ0) is 21.8. The number of rotatable bonds is 6. The van der Waals surface area contributed by atoms with Gasteiger partial charge in [0.15, 0.2) is 0 Å². The first kappa shape index (κ1) is 22.6. The summed E-state index contributed by atoms with van der Waals surface area (Å²) in [5.74, 6) is 0.593. The van der Waals surface area contributed by atoms with E-state index in [0.29, 0.717) is 43.2 Å². The number of hydrogen-bond donors (Lipinski definition) is 1. The second kappa shape index (κ2) is 9.94. The van der Waals surface area contributed by atoms with Crippen molar-refractivity contribution in [2.45, 2.75) is 64.0 Å². The van der Waals surface area contributed by atoms with Crippen LogP contribution in [0, 0.1) is 11.3 Å². The molecule has 0 unspecified atom stereocenters. The number of carbonyl (C=O) groups is 2. The third kappa shape index (κ3) is 4.95. The van der Waals surface area contributed by atoms with Crippen molar-refractivity contribution < 1.29 is 19.1 Å². The Bertz CT molecular complexity index is 631. The fraction of sp³-hybridized carbons (Fsp3) is 0.913. The summed E-state index contributed by atoms with van der Waals surface area (Å²) in [6, 6.07) is 1.01. The average Bonchev–Trinajstić information content (AvgIpc) is 3.41. The molecule has 0 bridgehead atoms. The summed E-state index contributed by atoms with van der Waals surface area (Å²) >= 11 is 0. The maximum atomic E-state index is 12.5. The Morgan fingerprint density at radius 2 is 1.81 bits per heavy atom. The molecule has 31 heavy (non-hydrogen) atoms. The van der Waals surface area contributed by atoms with Crippen LogP contribution in [-0.4, -0.2) is 98.5 Å². The Morgan fingerprint density at radius 3 is 2.52 bits per heavy atom. The maximum absolute atomic E-state index is 12.5. The van der Waals surface area contributed by atoms with Crippen molar-refractivity contribution in [3.63, 3.8) is 0 Å². The normalized spacial score (nSPS) is 31.8. The van der Waals surface area contributed by atoms with Gasteiger partial charge in [-0.25, -0.2) is 9.59 Å². The van der Waals surface area contributed by atoms with Crippen molar-refractivity contribution in [3.05, 3.63) is 0 Å². The Hall–Kier alpha value is -1.54. The molecule has 1 aliphatic carbocycles. The first-order valence-electron chi connectivity index (χ1n) is 12.3. The lowest BCUT2D eigenvalue weighted by atomic mass is 9.64. The number of carbonyl (C=O) groups excluding carboxylic acids is 2. The van der Waals surface area contributed by atoms with E-state index in [9.17, 15) is 9.59 Å². The molecule has 0 aromatic carbocycles. The van der Waals surface area contributed by atoms with Crippen molar-refractivity contribution in [3.8, 4) is 0 Å². The number of likely N-dealkylation sites (tertiary alicyclic amines) is 3. The van der Waals surface area contributed by atoms with Crippen LogP contribution in [0.1, 0.15) is 51.9 Å². The van der Waals surface area contributed by atoms with Gasteiger partial charge in [0.05, 0.1) is 6.61 Å². The van der Waals surface area contributed by atoms with E-state index in [4.69, 9.17) is 9.47 Å². The molecule has 3 aliphatic heterocycles. The highest BCUT2D eigenvalue weighted by molar-refractivity contribution is 5.68. The molecule has 3 saturated heterocycles. The minimum atomic E-state index is -0.144. The number of hydrogen-bond acceptors (Lipinski definition) is 6. The van der Waals surface area contributed by atoms with Gasteiger partial charge in [-0.15, -0.1) is 0 Å². The standard InChI is InChI=1S/C23H40N4O4/c1-3-30-21(28)26-13-8-23(17-26)15-19(16-23)25-11-6-18(7-12-25)20-5-4-10-27(20)22(29)31-14-9-24-2/h18-20,24H,3-17H2,1-2H3/t19?,20-,23?/m0/s1. The molecule has 4 rings (SSSR count). The van der Waals surface area contributed by atoms with Crippen LogP contribution in [0.4, 0.5) is 9.59 Å². The maximum Gasteiger partial charge on any atom is 0.410 e. The van der Waals surface area contributed by atoms with E-state index in [1.807, 2.05) is 23.8 Å².